The molecule has 0 radical (unpaired) electrons. The maximum absolute atomic E-state index is 12.3. The lowest BCUT2D eigenvalue weighted by molar-refractivity contribution is -0.123. The van der Waals surface area contributed by atoms with E-state index in [1.807, 2.05) is 42.2 Å². The highest BCUT2D eigenvalue weighted by molar-refractivity contribution is 5.87. The molecule has 0 saturated carbocycles. The van der Waals surface area contributed by atoms with Gasteiger partial charge in [0.25, 0.3) is 0 Å². The van der Waals surface area contributed by atoms with E-state index in [-0.39, 0.29) is 24.2 Å². The summed E-state index contributed by atoms with van der Waals surface area (Å²) in [6.07, 6.45) is 0.664. The fraction of sp³-hybridized carbons (Fsp3) is 0.353. The standard InChI is InChI=1S/C17H20N4O3/c1-11(12-5-3-2-4-6-12)18-15(22)10-21-8-7-14-13(9-21)16(17(23)24)20-19-14/h2-6,11H,7-10H2,1H3,(H,18,22)(H,19,20)(H,23,24)/t11-/m1/s1. The van der Waals surface area contributed by atoms with Gasteiger partial charge in [-0.25, -0.2) is 4.79 Å². The number of benzene rings is 1. The van der Waals surface area contributed by atoms with Crippen LogP contribution in [0.1, 0.15) is 40.3 Å². The molecule has 1 aromatic carbocycles. The van der Waals surface area contributed by atoms with Crippen molar-refractivity contribution in [2.24, 2.45) is 0 Å². The largest absolute Gasteiger partial charge is 0.476 e. The number of rotatable bonds is 5. The number of carbonyl (C=O) groups excluding carboxylic acids is 1. The number of hydrogen-bond acceptors (Lipinski definition) is 4. The first-order chi connectivity index (χ1) is 11.5. The van der Waals surface area contributed by atoms with Gasteiger partial charge in [0.2, 0.25) is 5.91 Å². The van der Waals surface area contributed by atoms with Gasteiger partial charge >= 0.3 is 5.97 Å². The van der Waals surface area contributed by atoms with Crippen molar-refractivity contribution in [3.63, 3.8) is 0 Å². The minimum absolute atomic E-state index is 0.0489. The second-order valence-corrected chi connectivity index (χ2v) is 6.00. The van der Waals surface area contributed by atoms with Gasteiger partial charge in [-0.3, -0.25) is 14.8 Å². The average Bonchev–Trinajstić information content (AvgIpc) is 2.99. The van der Waals surface area contributed by atoms with E-state index in [9.17, 15) is 9.59 Å². The number of hydrogen-bond donors (Lipinski definition) is 3. The molecule has 1 aromatic heterocycles. The Morgan fingerprint density at radius 1 is 1.38 bits per heavy atom. The summed E-state index contributed by atoms with van der Waals surface area (Å²) < 4.78 is 0. The Morgan fingerprint density at radius 2 is 2.12 bits per heavy atom. The van der Waals surface area contributed by atoms with Crippen molar-refractivity contribution in [2.75, 3.05) is 13.1 Å². The quantitative estimate of drug-likeness (QED) is 0.769. The van der Waals surface area contributed by atoms with Crippen LogP contribution in [0.15, 0.2) is 30.3 Å². The van der Waals surface area contributed by atoms with Crippen LogP contribution in [0, 0.1) is 0 Å². The van der Waals surface area contributed by atoms with Crippen LogP contribution in [0.4, 0.5) is 0 Å². The molecular weight excluding hydrogens is 308 g/mol. The molecule has 1 amide bonds. The Morgan fingerprint density at radius 3 is 2.83 bits per heavy atom. The Bertz CT molecular complexity index is 742. The topological polar surface area (TPSA) is 98.3 Å². The molecule has 7 nitrogen and oxygen atoms in total. The highest BCUT2D eigenvalue weighted by Gasteiger charge is 2.26. The molecule has 0 aliphatic carbocycles. The van der Waals surface area contributed by atoms with Crippen molar-refractivity contribution >= 4 is 11.9 Å². The summed E-state index contributed by atoms with van der Waals surface area (Å²) in [6.45, 7) is 3.29. The van der Waals surface area contributed by atoms with Crippen LogP contribution in [-0.2, 0) is 17.8 Å². The highest BCUT2D eigenvalue weighted by Crippen LogP contribution is 2.20. The van der Waals surface area contributed by atoms with Crippen molar-refractivity contribution in [1.29, 1.82) is 0 Å². The number of nitrogens with one attached hydrogen (secondary N) is 2. The molecule has 126 valence electrons. The van der Waals surface area contributed by atoms with E-state index < -0.39 is 5.97 Å². The molecule has 3 rings (SSSR count). The molecule has 0 spiro atoms. The average molecular weight is 328 g/mol. The number of aromatic nitrogens is 2. The van der Waals surface area contributed by atoms with Crippen LogP contribution in [0.25, 0.3) is 0 Å². The van der Waals surface area contributed by atoms with Crippen LogP contribution in [-0.4, -0.2) is 45.2 Å². The third kappa shape index (κ3) is 3.46. The lowest BCUT2D eigenvalue weighted by atomic mass is 10.1. The summed E-state index contributed by atoms with van der Waals surface area (Å²) in [5.74, 6) is -1.12. The smallest absolute Gasteiger partial charge is 0.356 e. The molecule has 0 fully saturated rings. The Hall–Kier alpha value is -2.67. The predicted molar refractivity (Wildman–Crippen MR) is 87.5 cm³/mol. The number of aromatic amines is 1. The molecule has 1 aliphatic rings. The first-order valence-corrected chi connectivity index (χ1v) is 7.90. The SMILES string of the molecule is C[C@@H](NC(=O)CN1CCc2[nH]nc(C(=O)O)c2C1)c1ccccc1. The Kier molecular flexibility index (Phi) is 4.61. The first kappa shape index (κ1) is 16.2. The van der Waals surface area contributed by atoms with Gasteiger partial charge in [-0.2, -0.15) is 5.10 Å². The molecule has 1 aliphatic heterocycles. The monoisotopic (exact) mass is 328 g/mol. The van der Waals surface area contributed by atoms with Crippen LogP contribution in [0.3, 0.4) is 0 Å². The second kappa shape index (κ2) is 6.84. The van der Waals surface area contributed by atoms with E-state index in [1.54, 1.807) is 0 Å². The number of amides is 1. The summed E-state index contributed by atoms with van der Waals surface area (Å²) in [4.78, 5) is 25.4. The van der Waals surface area contributed by atoms with Crippen molar-refractivity contribution in [1.82, 2.24) is 20.4 Å². The molecule has 0 bridgehead atoms. The summed E-state index contributed by atoms with van der Waals surface area (Å²) in [5, 5.41) is 18.8. The fourth-order valence-electron chi connectivity index (χ4n) is 2.98. The number of H-pyrrole nitrogens is 1. The maximum Gasteiger partial charge on any atom is 0.356 e. The first-order valence-electron chi connectivity index (χ1n) is 7.90. The molecule has 3 N–H and O–H groups in total. The predicted octanol–water partition coefficient (Wildman–Crippen LogP) is 1.34. The fourth-order valence-corrected chi connectivity index (χ4v) is 2.98. The second-order valence-electron chi connectivity index (χ2n) is 6.00. The number of nitrogens with zero attached hydrogens (tertiary/aromatic N) is 2. The molecule has 2 aromatic rings. The summed E-state index contributed by atoms with van der Waals surface area (Å²) in [7, 11) is 0. The normalized spacial score (nSPS) is 15.5. The number of carboxylic acids is 1. The van der Waals surface area contributed by atoms with Crippen molar-refractivity contribution in [3.8, 4) is 0 Å². The summed E-state index contributed by atoms with van der Waals surface area (Å²) in [5.41, 5.74) is 2.63. The zero-order chi connectivity index (χ0) is 17.1. The molecule has 24 heavy (non-hydrogen) atoms. The van der Waals surface area contributed by atoms with E-state index in [1.165, 1.54) is 0 Å². The Balaban J connectivity index is 1.59. The zero-order valence-electron chi connectivity index (χ0n) is 13.5. The molecule has 7 heteroatoms. The third-order valence-electron chi connectivity index (χ3n) is 4.26. The number of aromatic carboxylic acids is 1. The zero-order valence-corrected chi connectivity index (χ0v) is 13.5. The minimum Gasteiger partial charge on any atom is -0.476 e. The van der Waals surface area contributed by atoms with Crippen LogP contribution >= 0.6 is 0 Å². The lowest BCUT2D eigenvalue weighted by Gasteiger charge is -2.26. The molecule has 2 heterocycles. The molecule has 1 atom stereocenters. The number of carbonyl (C=O) groups is 2. The van der Waals surface area contributed by atoms with Crippen LogP contribution in [0.5, 0.6) is 0 Å². The van der Waals surface area contributed by atoms with Gasteiger partial charge in [0, 0.05) is 30.8 Å². The number of fused-ring (bicyclic) bond motifs is 1. The van der Waals surface area contributed by atoms with E-state index in [4.69, 9.17) is 5.11 Å². The van der Waals surface area contributed by atoms with Crippen molar-refractivity contribution < 1.29 is 14.7 Å². The van der Waals surface area contributed by atoms with E-state index >= 15 is 0 Å². The minimum atomic E-state index is -1.04. The number of carboxylic acid groups (broad SMARTS) is 1. The molecule has 0 saturated heterocycles. The van der Waals surface area contributed by atoms with Gasteiger partial charge in [-0.05, 0) is 12.5 Å². The van der Waals surface area contributed by atoms with Gasteiger partial charge < -0.3 is 10.4 Å². The summed E-state index contributed by atoms with van der Waals surface area (Å²) in [6, 6.07) is 9.70. The van der Waals surface area contributed by atoms with Crippen molar-refractivity contribution in [2.45, 2.75) is 25.9 Å². The molecular formula is C17H20N4O3. The highest BCUT2D eigenvalue weighted by atomic mass is 16.4. The van der Waals surface area contributed by atoms with Gasteiger partial charge in [0.1, 0.15) is 0 Å². The van der Waals surface area contributed by atoms with Gasteiger partial charge in [0.15, 0.2) is 5.69 Å². The van der Waals surface area contributed by atoms with Crippen molar-refractivity contribution in [3.05, 3.63) is 52.8 Å². The van der Waals surface area contributed by atoms with Crippen LogP contribution in [0.2, 0.25) is 0 Å². The van der Waals surface area contributed by atoms with Gasteiger partial charge in [-0.1, -0.05) is 30.3 Å². The van der Waals surface area contributed by atoms with E-state index in [0.717, 1.165) is 11.3 Å². The Labute approximate surface area is 139 Å². The van der Waals surface area contributed by atoms with E-state index in [0.29, 0.717) is 25.1 Å². The lowest BCUT2D eigenvalue weighted by Crippen LogP contribution is -2.40. The summed E-state index contributed by atoms with van der Waals surface area (Å²) >= 11 is 0. The van der Waals surface area contributed by atoms with E-state index in [2.05, 4.69) is 15.5 Å². The van der Waals surface area contributed by atoms with Gasteiger partial charge in [-0.15, -0.1) is 0 Å². The van der Waals surface area contributed by atoms with Gasteiger partial charge in [0.05, 0.1) is 12.6 Å². The van der Waals surface area contributed by atoms with Crippen LogP contribution < -0.4 is 5.32 Å². The third-order valence-corrected chi connectivity index (χ3v) is 4.26. The maximum atomic E-state index is 12.3. The molecule has 0 unspecified atom stereocenters.